The lowest BCUT2D eigenvalue weighted by Gasteiger charge is -2.10. The van der Waals surface area contributed by atoms with E-state index in [0.29, 0.717) is 12.1 Å². The van der Waals surface area contributed by atoms with Crippen molar-refractivity contribution in [2.45, 2.75) is 6.54 Å². The Morgan fingerprint density at radius 3 is 2.84 bits per heavy atom. The van der Waals surface area contributed by atoms with Crippen molar-refractivity contribution in [2.75, 3.05) is 7.11 Å². The maximum Gasteiger partial charge on any atom is 0.256 e. The average molecular weight is 339 g/mol. The Labute approximate surface area is 143 Å². The normalized spacial score (nSPS) is 10.5. The molecule has 7 heteroatoms. The summed E-state index contributed by atoms with van der Waals surface area (Å²) in [5.41, 5.74) is 2.60. The fourth-order valence-corrected chi connectivity index (χ4v) is 2.34. The largest absolute Gasteiger partial charge is 0.496 e. The van der Waals surface area contributed by atoms with Crippen LogP contribution in [0.1, 0.15) is 15.9 Å². The van der Waals surface area contributed by atoms with Gasteiger partial charge in [-0.2, -0.15) is 0 Å². The Hall–Kier alpha value is -3.35. The van der Waals surface area contributed by atoms with Crippen LogP contribution in [0, 0.1) is 0 Å². The Morgan fingerprint density at radius 2 is 2.20 bits per heavy atom. The van der Waals surface area contributed by atoms with E-state index in [1.807, 2.05) is 18.2 Å². The smallest absolute Gasteiger partial charge is 0.256 e. The third-order valence-corrected chi connectivity index (χ3v) is 3.75. The summed E-state index contributed by atoms with van der Waals surface area (Å²) in [7, 11) is 3.00. The van der Waals surface area contributed by atoms with Gasteiger partial charge < -0.3 is 19.0 Å². The number of pyridine rings is 2. The summed E-state index contributed by atoms with van der Waals surface area (Å²) in [6.45, 7) is 0.309. The number of aryl methyl sites for hydroxylation is 1. The predicted octanol–water partition coefficient (Wildman–Crippen LogP) is 1.98. The number of nitrogens with zero attached hydrogens (tertiary/aromatic N) is 2. The Bertz CT molecular complexity index is 928. The lowest BCUT2D eigenvalue weighted by atomic mass is 10.2. The number of nitrogens with one attached hydrogen (secondary N) is 1. The molecule has 1 amide bonds. The van der Waals surface area contributed by atoms with Crippen LogP contribution in [0.15, 0.2) is 58.4 Å². The number of carbonyl (C=O) groups excluding carboxylic acids is 1. The molecule has 3 heterocycles. The Balaban J connectivity index is 1.70. The summed E-state index contributed by atoms with van der Waals surface area (Å²) in [6.07, 6.45) is 6.36. The molecular formula is C18H17N3O4. The molecule has 128 valence electrons. The summed E-state index contributed by atoms with van der Waals surface area (Å²) in [6, 6.07) is 6.86. The van der Waals surface area contributed by atoms with Gasteiger partial charge in [0.15, 0.2) is 0 Å². The molecule has 3 aromatic rings. The number of carbonyl (C=O) groups is 1. The number of hydrogen-bond donors (Lipinski definition) is 1. The Kier molecular flexibility index (Phi) is 4.65. The average Bonchev–Trinajstić information content (AvgIpc) is 3.16. The predicted molar refractivity (Wildman–Crippen MR) is 91.3 cm³/mol. The van der Waals surface area contributed by atoms with Gasteiger partial charge in [-0.1, -0.05) is 6.07 Å². The van der Waals surface area contributed by atoms with E-state index < -0.39 is 0 Å². The third kappa shape index (κ3) is 3.60. The summed E-state index contributed by atoms with van der Waals surface area (Å²) in [5, 5.41) is 2.80. The van der Waals surface area contributed by atoms with Crippen molar-refractivity contribution in [3.63, 3.8) is 0 Å². The number of ether oxygens (including phenoxy) is 1. The monoisotopic (exact) mass is 339 g/mol. The molecule has 0 aliphatic rings. The first-order valence-electron chi connectivity index (χ1n) is 7.59. The molecule has 3 aromatic heterocycles. The first-order chi connectivity index (χ1) is 12.1. The zero-order chi connectivity index (χ0) is 17.8. The van der Waals surface area contributed by atoms with Gasteiger partial charge in [0.1, 0.15) is 5.75 Å². The van der Waals surface area contributed by atoms with E-state index in [9.17, 15) is 9.59 Å². The number of amides is 1. The van der Waals surface area contributed by atoms with Gasteiger partial charge in [0, 0.05) is 37.6 Å². The van der Waals surface area contributed by atoms with Crippen molar-refractivity contribution in [3.8, 4) is 17.0 Å². The number of furan rings is 1. The first kappa shape index (κ1) is 16.5. The minimum Gasteiger partial charge on any atom is -0.496 e. The molecule has 0 saturated heterocycles. The van der Waals surface area contributed by atoms with E-state index in [-0.39, 0.29) is 17.2 Å². The second kappa shape index (κ2) is 7.04. The first-order valence-corrected chi connectivity index (χ1v) is 7.59. The van der Waals surface area contributed by atoms with Crippen molar-refractivity contribution in [3.05, 3.63) is 70.7 Å². The van der Waals surface area contributed by atoms with E-state index >= 15 is 0 Å². The van der Waals surface area contributed by atoms with Crippen LogP contribution in [0.2, 0.25) is 0 Å². The van der Waals surface area contributed by atoms with Crippen LogP contribution in [0.5, 0.6) is 5.75 Å². The number of aromatic nitrogens is 2. The SMILES string of the molecule is COc1cc(=O)n(C)cc1C(=O)NCc1ccc(-c2ccoc2)nc1. The quantitative estimate of drug-likeness (QED) is 0.768. The van der Waals surface area contributed by atoms with Gasteiger partial charge in [-0.05, 0) is 17.7 Å². The van der Waals surface area contributed by atoms with Crippen LogP contribution in [0.25, 0.3) is 11.3 Å². The van der Waals surface area contributed by atoms with Gasteiger partial charge in [-0.15, -0.1) is 0 Å². The van der Waals surface area contributed by atoms with E-state index in [2.05, 4.69) is 10.3 Å². The van der Waals surface area contributed by atoms with E-state index in [1.54, 1.807) is 25.8 Å². The lowest BCUT2D eigenvalue weighted by Crippen LogP contribution is -2.26. The van der Waals surface area contributed by atoms with Crippen LogP contribution in [-0.4, -0.2) is 22.6 Å². The van der Waals surface area contributed by atoms with E-state index in [0.717, 1.165) is 16.8 Å². The summed E-state index contributed by atoms with van der Waals surface area (Å²) >= 11 is 0. The van der Waals surface area contributed by atoms with Gasteiger partial charge in [-0.3, -0.25) is 14.6 Å². The highest BCUT2D eigenvalue weighted by Crippen LogP contribution is 2.17. The molecular weight excluding hydrogens is 322 g/mol. The number of methoxy groups -OCH3 is 1. The summed E-state index contributed by atoms with van der Waals surface area (Å²) < 4.78 is 11.5. The molecule has 0 unspecified atom stereocenters. The van der Waals surface area contributed by atoms with Crippen LogP contribution in [-0.2, 0) is 13.6 Å². The van der Waals surface area contributed by atoms with Crippen LogP contribution in [0.3, 0.4) is 0 Å². The van der Waals surface area contributed by atoms with Gasteiger partial charge >= 0.3 is 0 Å². The van der Waals surface area contributed by atoms with Crippen molar-refractivity contribution in [1.82, 2.24) is 14.9 Å². The molecule has 0 radical (unpaired) electrons. The van der Waals surface area contributed by atoms with Gasteiger partial charge in [0.2, 0.25) is 0 Å². The molecule has 0 bridgehead atoms. The zero-order valence-electron chi connectivity index (χ0n) is 13.9. The zero-order valence-corrected chi connectivity index (χ0v) is 13.9. The standard InChI is InChI=1S/C18H17N3O4/c1-21-10-14(16(24-2)7-17(21)22)18(23)20-9-12-3-4-15(19-8-12)13-5-6-25-11-13/h3-8,10-11H,9H2,1-2H3,(H,20,23). The minimum absolute atomic E-state index is 0.243. The maximum atomic E-state index is 12.4. The highest BCUT2D eigenvalue weighted by molar-refractivity contribution is 5.96. The molecule has 0 atom stereocenters. The summed E-state index contributed by atoms with van der Waals surface area (Å²) in [4.78, 5) is 28.3. The molecule has 0 aliphatic heterocycles. The molecule has 0 spiro atoms. The minimum atomic E-state index is -0.327. The van der Waals surface area contributed by atoms with E-state index in [4.69, 9.17) is 9.15 Å². The molecule has 3 rings (SSSR count). The van der Waals surface area contributed by atoms with Gasteiger partial charge in [0.25, 0.3) is 11.5 Å². The number of hydrogen-bond acceptors (Lipinski definition) is 5. The molecule has 25 heavy (non-hydrogen) atoms. The van der Waals surface area contributed by atoms with Crippen molar-refractivity contribution in [2.24, 2.45) is 7.05 Å². The van der Waals surface area contributed by atoms with Crippen LogP contribution >= 0.6 is 0 Å². The molecule has 0 aromatic carbocycles. The van der Waals surface area contributed by atoms with Gasteiger partial charge in [-0.25, -0.2) is 0 Å². The second-order valence-corrected chi connectivity index (χ2v) is 5.45. The lowest BCUT2D eigenvalue weighted by molar-refractivity contribution is 0.0947. The van der Waals surface area contributed by atoms with Crippen molar-refractivity contribution < 1.29 is 13.9 Å². The van der Waals surface area contributed by atoms with Gasteiger partial charge in [0.05, 0.1) is 30.9 Å². The topological polar surface area (TPSA) is 86.4 Å². The molecule has 1 N–H and O–H groups in total. The highest BCUT2D eigenvalue weighted by Gasteiger charge is 2.14. The molecule has 0 fully saturated rings. The molecule has 7 nitrogen and oxygen atoms in total. The Morgan fingerprint density at radius 1 is 1.36 bits per heavy atom. The fourth-order valence-electron chi connectivity index (χ4n) is 2.34. The van der Waals surface area contributed by atoms with Crippen molar-refractivity contribution >= 4 is 5.91 Å². The fraction of sp³-hybridized carbons (Fsp3) is 0.167. The summed E-state index contributed by atoms with van der Waals surface area (Å²) in [5.74, 6) is -0.0830. The van der Waals surface area contributed by atoms with E-state index in [1.165, 1.54) is 23.9 Å². The number of rotatable bonds is 5. The molecule has 0 saturated carbocycles. The molecule has 0 aliphatic carbocycles. The van der Waals surface area contributed by atoms with Crippen LogP contribution < -0.4 is 15.6 Å². The van der Waals surface area contributed by atoms with Crippen LogP contribution in [0.4, 0.5) is 0 Å². The maximum absolute atomic E-state index is 12.4. The second-order valence-electron chi connectivity index (χ2n) is 5.45. The third-order valence-electron chi connectivity index (χ3n) is 3.75. The highest BCUT2D eigenvalue weighted by atomic mass is 16.5. The van der Waals surface area contributed by atoms with Crippen molar-refractivity contribution in [1.29, 1.82) is 0 Å².